The SMILES string of the molecule is N#Cc1ccc(Cc2cc3nccc(C(=O)O)c3[nH]2)cc1. The number of aromatic carboxylic acids is 1. The summed E-state index contributed by atoms with van der Waals surface area (Å²) in [5.74, 6) is -0.978. The average molecular weight is 277 g/mol. The molecule has 5 heteroatoms. The Balaban J connectivity index is 1.96. The summed E-state index contributed by atoms with van der Waals surface area (Å²) in [7, 11) is 0. The van der Waals surface area contributed by atoms with E-state index in [0.29, 0.717) is 23.0 Å². The van der Waals surface area contributed by atoms with Crippen molar-refractivity contribution in [1.82, 2.24) is 9.97 Å². The van der Waals surface area contributed by atoms with Crippen LogP contribution in [0.1, 0.15) is 27.2 Å². The van der Waals surface area contributed by atoms with Crippen LogP contribution in [-0.4, -0.2) is 21.0 Å². The van der Waals surface area contributed by atoms with Gasteiger partial charge in [-0.05, 0) is 29.8 Å². The Bertz CT molecular complexity index is 857. The number of carboxylic acid groups (broad SMARTS) is 1. The van der Waals surface area contributed by atoms with Crippen molar-refractivity contribution in [3.63, 3.8) is 0 Å². The molecule has 0 radical (unpaired) electrons. The number of hydrogen-bond donors (Lipinski definition) is 2. The lowest BCUT2D eigenvalue weighted by Gasteiger charge is -1.99. The Morgan fingerprint density at radius 1 is 1.29 bits per heavy atom. The molecule has 2 heterocycles. The van der Waals surface area contributed by atoms with Gasteiger partial charge in [-0.2, -0.15) is 5.26 Å². The molecule has 0 fully saturated rings. The molecule has 1 aromatic carbocycles. The van der Waals surface area contributed by atoms with Crippen LogP contribution in [0.5, 0.6) is 0 Å². The van der Waals surface area contributed by atoms with Gasteiger partial charge in [-0.3, -0.25) is 4.98 Å². The van der Waals surface area contributed by atoms with E-state index < -0.39 is 5.97 Å². The van der Waals surface area contributed by atoms with Gasteiger partial charge >= 0.3 is 5.97 Å². The zero-order chi connectivity index (χ0) is 14.8. The van der Waals surface area contributed by atoms with Gasteiger partial charge in [-0.1, -0.05) is 12.1 Å². The van der Waals surface area contributed by atoms with Crippen LogP contribution in [0.3, 0.4) is 0 Å². The molecule has 3 rings (SSSR count). The van der Waals surface area contributed by atoms with Crippen LogP contribution in [0.15, 0.2) is 42.6 Å². The molecule has 2 N–H and O–H groups in total. The van der Waals surface area contributed by atoms with Crippen LogP contribution in [0.25, 0.3) is 11.0 Å². The summed E-state index contributed by atoms with van der Waals surface area (Å²) in [6.45, 7) is 0. The van der Waals surface area contributed by atoms with Crippen molar-refractivity contribution in [1.29, 1.82) is 5.26 Å². The molecule has 0 bridgehead atoms. The minimum absolute atomic E-state index is 0.214. The molecule has 0 spiro atoms. The quantitative estimate of drug-likeness (QED) is 0.770. The fourth-order valence-electron chi connectivity index (χ4n) is 2.27. The summed E-state index contributed by atoms with van der Waals surface area (Å²) in [5.41, 5.74) is 3.93. The summed E-state index contributed by atoms with van der Waals surface area (Å²) >= 11 is 0. The molecule has 0 amide bonds. The van der Waals surface area contributed by atoms with Crippen molar-refractivity contribution in [3.8, 4) is 6.07 Å². The second kappa shape index (κ2) is 5.10. The Morgan fingerprint density at radius 2 is 2.05 bits per heavy atom. The molecule has 0 atom stereocenters. The number of carbonyl (C=O) groups is 1. The number of aromatic nitrogens is 2. The van der Waals surface area contributed by atoms with E-state index in [9.17, 15) is 4.79 Å². The number of pyridine rings is 1. The molecule has 0 aliphatic heterocycles. The third-order valence-corrected chi connectivity index (χ3v) is 3.28. The number of benzene rings is 1. The molecule has 0 saturated carbocycles. The summed E-state index contributed by atoms with van der Waals surface area (Å²) in [6.07, 6.45) is 2.12. The Kier molecular flexibility index (Phi) is 3.13. The van der Waals surface area contributed by atoms with E-state index in [1.165, 1.54) is 12.3 Å². The molecule has 102 valence electrons. The largest absolute Gasteiger partial charge is 0.478 e. The van der Waals surface area contributed by atoms with Crippen molar-refractivity contribution in [2.75, 3.05) is 0 Å². The number of H-pyrrole nitrogens is 1. The molecular weight excluding hydrogens is 266 g/mol. The number of rotatable bonds is 3. The average Bonchev–Trinajstić information content (AvgIpc) is 2.89. The number of fused-ring (bicyclic) bond motifs is 1. The first-order chi connectivity index (χ1) is 10.2. The topological polar surface area (TPSA) is 89.8 Å². The Morgan fingerprint density at radius 3 is 2.71 bits per heavy atom. The van der Waals surface area contributed by atoms with Gasteiger partial charge in [0, 0.05) is 18.3 Å². The lowest BCUT2D eigenvalue weighted by molar-refractivity contribution is 0.0699. The van der Waals surface area contributed by atoms with Crippen molar-refractivity contribution in [2.24, 2.45) is 0 Å². The minimum Gasteiger partial charge on any atom is -0.478 e. The molecule has 5 nitrogen and oxygen atoms in total. The van der Waals surface area contributed by atoms with Gasteiger partial charge < -0.3 is 10.1 Å². The molecular formula is C16H11N3O2. The summed E-state index contributed by atoms with van der Waals surface area (Å²) in [5, 5.41) is 17.9. The van der Waals surface area contributed by atoms with E-state index in [1.54, 1.807) is 12.1 Å². The number of nitrogens with zero attached hydrogens (tertiary/aromatic N) is 2. The zero-order valence-corrected chi connectivity index (χ0v) is 11.0. The van der Waals surface area contributed by atoms with Gasteiger partial charge in [0.05, 0.1) is 28.2 Å². The first-order valence-corrected chi connectivity index (χ1v) is 6.36. The van der Waals surface area contributed by atoms with Crippen LogP contribution in [0, 0.1) is 11.3 Å². The highest BCUT2D eigenvalue weighted by atomic mass is 16.4. The van der Waals surface area contributed by atoms with E-state index in [0.717, 1.165) is 11.3 Å². The lowest BCUT2D eigenvalue weighted by atomic mass is 10.1. The predicted molar refractivity (Wildman–Crippen MR) is 77.0 cm³/mol. The van der Waals surface area contributed by atoms with Crippen molar-refractivity contribution in [2.45, 2.75) is 6.42 Å². The Labute approximate surface area is 120 Å². The highest BCUT2D eigenvalue weighted by molar-refractivity contribution is 6.00. The third kappa shape index (κ3) is 2.47. The number of carboxylic acids is 1. The van der Waals surface area contributed by atoms with Crippen LogP contribution in [0.2, 0.25) is 0 Å². The minimum atomic E-state index is -0.978. The van der Waals surface area contributed by atoms with Crippen LogP contribution in [-0.2, 0) is 6.42 Å². The van der Waals surface area contributed by atoms with Gasteiger partial charge in [-0.25, -0.2) is 4.79 Å². The smallest absolute Gasteiger partial charge is 0.337 e. The first-order valence-electron chi connectivity index (χ1n) is 6.36. The molecule has 0 unspecified atom stereocenters. The predicted octanol–water partition coefficient (Wildman–Crippen LogP) is 2.72. The first kappa shape index (κ1) is 12.9. The van der Waals surface area contributed by atoms with Crippen molar-refractivity contribution in [3.05, 3.63) is 65.0 Å². The van der Waals surface area contributed by atoms with Gasteiger partial charge in [0.2, 0.25) is 0 Å². The van der Waals surface area contributed by atoms with Crippen LogP contribution in [0.4, 0.5) is 0 Å². The van der Waals surface area contributed by atoms with Gasteiger partial charge in [0.15, 0.2) is 0 Å². The fourth-order valence-corrected chi connectivity index (χ4v) is 2.27. The van der Waals surface area contributed by atoms with E-state index in [1.807, 2.05) is 18.2 Å². The second-order valence-electron chi connectivity index (χ2n) is 4.70. The molecule has 0 aliphatic rings. The number of hydrogen-bond acceptors (Lipinski definition) is 3. The van der Waals surface area contributed by atoms with Crippen molar-refractivity contribution >= 4 is 17.0 Å². The number of nitriles is 1. The zero-order valence-electron chi connectivity index (χ0n) is 11.0. The van der Waals surface area contributed by atoms with E-state index in [4.69, 9.17) is 10.4 Å². The monoisotopic (exact) mass is 277 g/mol. The fraction of sp³-hybridized carbons (Fsp3) is 0.0625. The van der Waals surface area contributed by atoms with E-state index >= 15 is 0 Å². The maximum atomic E-state index is 11.2. The van der Waals surface area contributed by atoms with E-state index in [2.05, 4.69) is 16.0 Å². The van der Waals surface area contributed by atoms with E-state index in [-0.39, 0.29) is 5.56 Å². The third-order valence-electron chi connectivity index (χ3n) is 3.28. The lowest BCUT2D eigenvalue weighted by Crippen LogP contribution is -1.97. The highest BCUT2D eigenvalue weighted by Crippen LogP contribution is 2.19. The summed E-state index contributed by atoms with van der Waals surface area (Å²) < 4.78 is 0. The maximum Gasteiger partial charge on any atom is 0.337 e. The Hall–Kier alpha value is -3.13. The number of nitrogens with one attached hydrogen (secondary N) is 1. The molecule has 0 aliphatic carbocycles. The summed E-state index contributed by atoms with van der Waals surface area (Å²) in [4.78, 5) is 18.5. The molecule has 3 aromatic rings. The normalized spacial score (nSPS) is 10.4. The maximum absolute atomic E-state index is 11.2. The summed E-state index contributed by atoms with van der Waals surface area (Å²) in [6, 6.07) is 12.7. The standard InChI is InChI=1S/C16H11N3O2/c17-9-11-3-1-10(2-4-11)7-12-8-14-15(19-12)13(16(20)21)5-6-18-14/h1-6,8,19H,7H2,(H,20,21). The van der Waals surface area contributed by atoms with Gasteiger partial charge in [0.1, 0.15) is 0 Å². The van der Waals surface area contributed by atoms with Crippen LogP contribution < -0.4 is 0 Å². The van der Waals surface area contributed by atoms with Gasteiger partial charge in [-0.15, -0.1) is 0 Å². The molecule has 0 saturated heterocycles. The highest BCUT2D eigenvalue weighted by Gasteiger charge is 2.12. The second-order valence-corrected chi connectivity index (χ2v) is 4.70. The van der Waals surface area contributed by atoms with Crippen LogP contribution >= 0.6 is 0 Å². The molecule has 21 heavy (non-hydrogen) atoms. The van der Waals surface area contributed by atoms with Gasteiger partial charge in [0.25, 0.3) is 0 Å². The number of aromatic amines is 1. The van der Waals surface area contributed by atoms with Crippen molar-refractivity contribution < 1.29 is 9.90 Å². The molecule has 2 aromatic heterocycles.